The molecule has 2 atom stereocenters. The van der Waals surface area contributed by atoms with Crippen molar-refractivity contribution in [2.24, 2.45) is 7.05 Å². The van der Waals surface area contributed by atoms with Crippen LogP contribution >= 0.6 is 0 Å². The lowest BCUT2D eigenvalue weighted by Gasteiger charge is -2.38. The molecule has 206 valence electrons. The van der Waals surface area contributed by atoms with Gasteiger partial charge in [0, 0.05) is 55.0 Å². The van der Waals surface area contributed by atoms with Crippen LogP contribution in [0.1, 0.15) is 18.1 Å². The Bertz CT molecular complexity index is 1540. The summed E-state index contributed by atoms with van der Waals surface area (Å²) < 4.78 is 47.9. The summed E-state index contributed by atoms with van der Waals surface area (Å²) in [4.78, 5) is 24.2. The lowest BCUT2D eigenvalue weighted by molar-refractivity contribution is -0.0505. The van der Waals surface area contributed by atoms with E-state index in [1.54, 1.807) is 48.6 Å². The Kier molecular flexibility index (Phi) is 7.61. The van der Waals surface area contributed by atoms with E-state index in [0.29, 0.717) is 42.0 Å². The Hall–Kier alpha value is -3.48. The van der Waals surface area contributed by atoms with Gasteiger partial charge in [0.1, 0.15) is 12.0 Å². The normalized spacial score (nSPS) is 17.2. The zero-order chi connectivity index (χ0) is 27.8. The third-order valence-electron chi connectivity index (χ3n) is 7.07. The fraction of sp³-hybridized carbons (Fsp3) is 0.370. The molecule has 4 aromatic rings. The molecule has 0 saturated carbocycles. The quantitative estimate of drug-likeness (QED) is 0.322. The number of aromatic nitrogens is 4. The predicted molar refractivity (Wildman–Crippen MR) is 148 cm³/mol. The highest BCUT2D eigenvalue weighted by molar-refractivity contribution is 7.88. The molecule has 1 aliphatic rings. The molecule has 0 spiro atoms. The summed E-state index contributed by atoms with van der Waals surface area (Å²) in [6.45, 7) is 3.16. The minimum absolute atomic E-state index is 0.0744. The van der Waals surface area contributed by atoms with Crippen LogP contribution in [-0.4, -0.2) is 66.7 Å². The van der Waals surface area contributed by atoms with Crippen molar-refractivity contribution in [3.05, 3.63) is 70.3 Å². The van der Waals surface area contributed by atoms with Gasteiger partial charge in [-0.25, -0.2) is 9.97 Å². The van der Waals surface area contributed by atoms with Crippen LogP contribution in [0, 0.1) is 6.92 Å². The number of hydrogen-bond donors (Lipinski definition) is 0. The number of alkyl halides is 2. The number of hydrogen-bond acceptors (Lipinski definition) is 7. The molecule has 1 fully saturated rings. The number of nitrogens with zero attached hydrogens (tertiary/aromatic N) is 6. The molecule has 2 aromatic carbocycles. The van der Waals surface area contributed by atoms with Gasteiger partial charge in [-0.1, -0.05) is 23.8 Å². The SMILES string of the molecule is Cc1ccc(OC(F)F)c(Cn2c3cc(-c4cnc(N5CCN([S+](C)[O-])[C@@H](C)C5)nc4)ccc3c(=O)n2C)c1. The van der Waals surface area contributed by atoms with E-state index in [1.807, 2.05) is 30.3 Å². The summed E-state index contributed by atoms with van der Waals surface area (Å²) in [6, 6.07) is 10.6. The average molecular weight is 557 g/mol. The standard InChI is InChI=1S/C27H30F2N6O3S/c1-17-5-8-24(38-26(28)29)20(11-17)16-34-23-12-19(6-7-22(23)25(36)32(34)3)21-13-30-27(31-14-21)33-9-10-35(39(4)37)18(2)15-33/h5-8,11-14,18,26H,9-10,15-16H2,1-4H3/t18-,39?/m0/s1. The lowest BCUT2D eigenvalue weighted by atomic mass is 10.1. The smallest absolute Gasteiger partial charge is 0.387 e. The Morgan fingerprint density at radius 1 is 1.13 bits per heavy atom. The monoisotopic (exact) mass is 556 g/mol. The van der Waals surface area contributed by atoms with Gasteiger partial charge in [-0.05, 0) is 37.6 Å². The van der Waals surface area contributed by atoms with Crippen LogP contribution in [0.15, 0.2) is 53.6 Å². The highest BCUT2D eigenvalue weighted by Crippen LogP contribution is 2.27. The fourth-order valence-corrected chi connectivity index (χ4v) is 6.00. The summed E-state index contributed by atoms with van der Waals surface area (Å²) in [6.07, 6.45) is 5.19. The Morgan fingerprint density at radius 3 is 2.54 bits per heavy atom. The van der Waals surface area contributed by atoms with E-state index in [-0.39, 0.29) is 23.9 Å². The number of piperazine rings is 1. The molecule has 12 heteroatoms. The topological polar surface area (TPSA) is 91.5 Å². The Morgan fingerprint density at radius 2 is 1.87 bits per heavy atom. The highest BCUT2D eigenvalue weighted by Gasteiger charge is 2.30. The first-order valence-electron chi connectivity index (χ1n) is 12.5. The van der Waals surface area contributed by atoms with Gasteiger partial charge in [0.25, 0.3) is 5.56 Å². The number of rotatable bonds is 7. The zero-order valence-electron chi connectivity index (χ0n) is 22.2. The summed E-state index contributed by atoms with van der Waals surface area (Å²) in [5.74, 6) is 0.682. The third kappa shape index (κ3) is 5.49. The van der Waals surface area contributed by atoms with Gasteiger partial charge in [0.15, 0.2) is 0 Å². The predicted octanol–water partition coefficient (Wildman–Crippen LogP) is 3.56. The van der Waals surface area contributed by atoms with Crippen molar-refractivity contribution in [3.63, 3.8) is 0 Å². The van der Waals surface area contributed by atoms with E-state index in [9.17, 15) is 18.1 Å². The van der Waals surface area contributed by atoms with E-state index >= 15 is 0 Å². The number of anilines is 1. The molecule has 9 nitrogen and oxygen atoms in total. The first kappa shape index (κ1) is 27.1. The van der Waals surface area contributed by atoms with Crippen molar-refractivity contribution in [1.82, 2.24) is 23.6 Å². The van der Waals surface area contributed by atoms with E-state index in [2.05, 4.69) is 14.9 Å². The molecule has 0 amide bonds. The molecule has 1 aliphatic heterocycles. The molecule has 3 heterocycles. The van der Waals surface area contributed by atoms with Gasteiger partial charge >= 0.3 is 6.61 Å². The number of fused-ring (bicyclic) bond motifs is 1. The fourth-order valence-electron chi connectivity index (χ4n) is 5.08. The third-order valence-corrected chi connectivity index (χ3v) is 8.27. The number of benzene rings is 2. The maximum Gasteiger partial charge on any atom is 0.387 e. The van der Waals surface area contributed by atoms with E-state index in [0.717, 1.165) is 16.7 Å². The van der Waals surface area contributed by atoms with E-state index in [4.69, 9.17) is 4.74 Å². The second kappa shape index (κ2) is 10.9. The van der Waals surface area contributed by atoms with Crippen LogP contribution in [0.3, 0.4) is 0 Å². The van der Waals surface area contributed by atoms with Gasteiger partial charge in [-0.3, -0.25) is 14.2 Å². The molecule has 0 aliphatic carbocycles. The molecular formula is C27H30F2N6O3S. The van der Waals surface area contributed by atoms with Crippen molar-refractivity contribution < 1.29 is 18.1 Å². The Labute approximate surface area is 227 Å². The minimum atomic E-state index is -2.95. The average Bonchev–Trinajstić information content (AvgIpc) is 3.14. The molecule has 1 saturated heterocycles. The van der Waals surface area contributed by atoms with Crippen molar-refractivity contribution in [2.45, 2.75) is 33.0 Å². The van der Waals surface area contributed by atoms with Crippen molar-refractivity contribution in [1.29, 1.82) is 0 Å². The molecule has 39 heavy (non-hydrogen) atoms. The molecular weight excluding hydrogens is 526 g/mol. The molecule has 2 aromatic heterocycles. The van der Waals surface area contributed by atoms with Gasteiger partial charge in [0.2, 0.25) is 5.95 Å². The summed E-state index contributed by atoms with van der Waals surface area (Å²) >= 11 is -1.01. The van der Waals surface area contributed by atoms with Gasteiger partial charge < -0.3 is 14.2 Å². The molecule has 0 radical (unpaired) electrons. The number of halogens is 2. The number of aryl methyl sites for hydroxylation is 1. The molecule has 0 N–H and O–H groups in total. The molecule has 0 bridgehead atoms. The lowest BCUT2D eigenvalue weighted by Crippen LogP contribution is -2.54. The summed E-state index contributed by atoms with van der Waals surface area (Å²) in [5.41, 5.74) is 3.51. The van der Waals surface area contributed by atoms with Crippen molar-refractivity contribution in [2.75, 3.05) is 30.8 Å². The maximum absolute atomic E-state index is 13.0. The zero-order valence-corrected chi connectivity index (χ0v) is 23.0. The maximum atomic E-state index is 13.0. The summed E-state index contributed by atoms with van der Waals surface area (Å²) in [7, 11) is 1.65. The van der Waals surface area contributed by atoms with Crippen LogP contribution in [0.2, 0.25) is 0 Å². The van der Waals surface area contributed by atoms with Crippen LogP contribution in [0.5, 0.6) is 5.75 Å². The largest absolute Gasteiger partial charge is 0.598 e. The van der Waals surface area contributed by atoms with E-state index < -0.39 is 18.0 Å². The second-order valence-electron chi connectivity index (χ2n) is 9.74. The first-order valence-corrected chi connectivity index (χ1v) is 14.1. The Balaban J connectivity index is 1.45. The molecule has 1 unspecified atom stereocenters. The van der Waals surface area contributed by atoms with Crippen molar-refractivity contribution in [3.8, 4) is 16.9 Å². The summed E-state index contributed by atoms with van der Waals surface area (Å²) in [5, 5.41) is 0.517. The van der Waals surface area contributed by atoms with Crippen molar-refractivity contribution >= 4 is 28.2 Å². The van der Waals surface area contributed by atoms with Crippen LogP contribution in [0.4, 0.5) is 14.7 Å². The first-order chi connectivity index (χ1) is 18.6. The van der Waals surface area contributed by atoms with Crippen LogP contribution in [0.25, 0.3) is 22.0 Å². The van der Waals surface area contributed by atoms with Gasteiger partial charge in [0.05, 0.1) is 30.0 Å². The van der Waals surface area contributed by atoms with E-state index in [1.165, 1.54) is 10.7 Å². The second-order valence-corrected chi connectivity index (χ2v) is 11.1. The minimum Gasteiger partial charge on any atom is -0.598 e. The number of ether oxygens (including phenoxy) is 1. The molecule has 5 rings (SSSR count). The van der Waals surface area contributed by atoms with Gasteiger partial charge in [-0.2, -0.15) is 8.78 Å². The highest BCUT2D eigenvalue weighted by atomic mass is 32.2. The van der Waals surface area contributed by atoms with Crippen LogP contribution in [-0.2, 0) is 25.0 Å². The van der Waals surface area contributed by atoms with Gasteiger partial charge in [-0.15, -0.1) is 4.31 Å². The van der Waals surface area contributed by atoms with Crippen LogP contribution < -0.4 is 15.2 Å².